The Kier molecular flexibility index (Phi) is 4.79. The molecule has 2 aromatic rings. The number of urea groups is 1. The predicted molar refractivity (Wildman–Crippen MR) is 111 cm³/mol. The second kappa shape index (κ2) is 7.26. The molecular weight excluding hydrogens is 353 g/mol. The van der Waals surface area contributed by atoms with E-state index in [2.05, 4.69) is 20.5 Å². The van der Waals surface area contributed by atoms with Gasteiger partial charge in [-0.2, -0.15) is 0 Å². The minimum atomic E-state index is -0.232. The zero-order chi connectivity index (χ0) is 19.8. The van der Waals surface area contributed by atoms with Crippen molar-refractivity contribution in [1.29, 1.82) is 0 Å². The Balaban J connectivity index is 1.65. The van der Waals surface area contributed by atoms with E-state index in [1.165, 1.54) is 0 Å². The van der Waals surface area contributed by atoms with Crippen LogP contribution in [-0.2, 0) is 0 Å². The number of nitrogens with zero attached hydrogens (tertiary/aromatic N) is 3. The standard InChI is InChI=1S/C20H24BN5O2/c1-12(2)22-19(27)15-5-6-16-18(23-15)26(14-8-9-25(16)11-14)20(28)24-17-7-4-13(3)10-21-17/h4-7,10,12,14H,8-9,11H2,1-3H3,(H,22,27)(H,24,28). The van der Waals surface area contributed by atoms with Gasteiger partial charge >= 0.3 is 165 Å². The molecule has 0 radical (unpaired) electrons. The SMILES string of the molecule is Cc1cbc(NC(=O)N2c3nc(C(=O)NC(C)C)ccc3N3CCC2C3)cc1. The number of hydrogen-bond acceptors (Lipinski definition) is 4. The van der Waals surface area contributed by atoms with Gasteiger partial charge in [0, 0.05) is 0 Å². The molecular formula is C20H24BN5O2. The molecule has 2 N–H and O–H groups in total. The number of nitrogens with one attached hydrogen (secondary N) is 2. The Hall–Kier alpha value is -2.90. The van der Waals surface area contributed by atoms with E-state index in [0.29, 0.717) is 11.5 Å². The molecule has 0 aliphatic carbocycles. The molecule has 0 saturated carbocycles. The summed E-state index contributed by atoms with van der Waals surface area (Å²) in [6.07, 6.45) is 0.880. The Morgan fingerprint density at radius 3 is 2.79 bits per heavy atom. The maximum absolute atomic E-state index is 13.1. The van der Waals surface area contributed by atoms with Crippen LogP contribution in [0.3, 0.4) is 0 Å². The van der Waals surface area contributed by atoms with E-state index in [0.717, 1.165) is 36.3 Å². The Bertz CT molecular complexity index is 915. The van der Waals surface area contributed by atoms with Crippen LogP contribution in [0.2, 0.25) is 0 Å². The van der Waals surface area contributed by atoms with Crippen molar-refractivity contribution in [3.8, 4) is 0 Å². The van der Waals surface area contributed by atoms with Gasteiger partial charge in [-0.05, 0) is 0 Å². The van der Waals surface area contributed by atoms with Gasteiger partial charge in [-0.25, -0.2) is 0 Å². The summed E-state index contributed by atoms with van der Waals surface area (Å²) in [6, 6.07) is 7.32. The molecule has 7 nitrogen and oxygen atoms in total. The summed E-state index contributed by atoms with van der Waals surface area (Å²) >= 11 is 0. The van der Waals surface area contributed by atoms with Gasteiger partial charge < -0.3 is 0 Å². The Morgan fingerprint density at radius 2 is 2.07 bits per heavy atom. The molecule has 28 heavy (non-hydrogen) atoms. The molecule has 2 bridgehead atoms. The summed E-state index contributed by atoms with van der Waals surface area (Å²) in [7, 11) is 0. The van der Waals surface area contributed by atoms with E-state index in [9.17, 15) is 9.59 Å². The monoisotopic (exact) mass is 377 g/mol. The molecule has 1 unspecified atom stereocenters. The van der Waals surface area contributed by atoms with Crippen molar-refractivity contribution < 1.29 is 9.59 Å². The number of aryl methyl sites for hydroxylation is 1. The van der Waals surface area contributed by atoms with E-state index in [1.807, 2.05) is 51.8 Å². The molecule has 4 heterocycles. The van der Waals surface area contributed by atoms with Crippen molar-refractivity contribution in [2.24, 2.45) is 0 Å². The van der Waals surface area contributed by atoms with Crippen LogP contribution in [0.25, 0.3) is 0 Å². The van der Waals surface area contributed by atoms with E-state index < -0.39 is 0 Å². The number of hydrogen-bond donors (Lipinski definition) is 2. The van der Waals surface area contributed by atoms with E-state index in [4.69, 9.17) is 0 Å². The fourth-order valence-electron chi connectivity index (χ4n) is 3.75. The van der Waals surface area contributed by atoms with Crippen LogP contribution in [0.15, 0.2) is 30.2 Å². The summed E-state index contributed by atoms with van der Waals surface area (Å²) in [5.74, 6) is 2.28. The molecule has 0 spiro atoms. The quantitative estimate of drug-likeness (QED) is 0.862. The molecule has 1 saturated heterocycles. The second-order valence-electron chi connectivity index (χ2n) is 7.72. The van der Waals surface area contributed by atoms with Crippen LogP contribution < -0.4 is 20.4 Å². The Morgan fingerprint density at radius 1 is 1.25 bits per heavy atom. The van der Waals surface area contributed by atoms with Crippen LogP contribution in [0.5, 0.6) is 0 Å². The molecule has 8 heteroatoms. The normalized spacial score (nSPS) is 17.4. The maximum atomic E-state index is 13.1. The first-order valence-electron chi connectivity index (χ1n) is 9.66. The predicted octanol–water partition coefficient (Wildman–Crippen LogP) is 2.50. The second-order valence-corrected chi connectivity index (χ2v) is 7.72. The average molecular weight is 377 g/mol. The summed E-state index contributed by atoms with van der Waals surface area (Å²) in [5.41, 5.74) is 3.10. The van der Waals surface area contributed by atoms with Gasteiger partial charge in [0.15, 0.2) is 0 Å². The summed E-state index contributed by atoms with van der Waals surface area (Å²) in [5, 5.41) is 5.83. The van der Waals surface area contributed by atoms with Gasteiger partial charge in [0.2, 0.25) is 0 Å². The molecule has 2 aliphatic heterocycles. The minimum absolute atomic E-state index is 0.0196. The third kappa shape index (κ3) is 3.46. The molecule has 2 aromatic heterocycles. The molecule has 2 aliphatic rings. The topological polar surface area (TPSA) is 77.6 Å². The van der Waals surface area contributed by atoms with Crippen molar-refractivity contribution in [3.05, 3.63) is 41.5 Å². The zero-order valence-electron chi connectivity index (χ0n) is 16.4. The van der Waals surface area contributed by atoms with Crippen molar-refractivity contribution in [1.82, 2.24) is 10.3 Å². The fraction of sp³-hybridized carbons (Fsp3) is 0.400. The number of fused-ring (bicyclic) bond motifs is 4. The molecule has 1 fully saturated rings. The molecule has 1 atom stereocenters. The van der Waals surface area contributed by atoms with Crippen molar-refractivity contribution in [2.45, 2.75) is 39.3 Å². The van der Waals surface area contributed by atoms with Crippen LogP contribution in [0.4, 0.5) is 21.9 Å². The fourth-order valence-corrected chi connectivity index (χ4v) is 3.75. The van der Waals surface area contributed by atoms with Gasteiger partial charge in [-0.15, -0.1) is 0 Å². The number of anilines is 3. The summed E-state index contributed by atoms with van der Waals surface area (Å²) in [4.78, 5) is 34.0. The third-order valence-electron chi connectivity index (χ3n) is 5.13. The first kappa shape index (κ1) is 18.5. The van der Waals surface area contributed by atoms with Gasteiger partial charge in [-0.3, -0.25) is 0 Å². The van der Waals surface area contributed by atoms with Crippen molar-refractivity contribution in [3.63, 3.8) is 0 Å². The summed E-state index contributed by atoms with van der Waals surface area (Å²) < 4.78 is 0. The van der Waals surface area contributed by atoms with E-state index >= 15 is 0 Å². The molecule has 0 aromatic carbocycles. The van der Waals surface area contributed by atoms with Crippen LogP contribution >= 0.6 is 0 Å². The van der Waals surface area contributed by atoms with Crippen molar-refractivity contribution in [2.75, 3.05) is 28.2 Å². The van der Waals surface area contributed by atoms with Crippen LogP contribution in [0, 0.1) is 6.92 Å². The van der Waals surface area contributed by atoms with Crippen LogP contribution in [-0.4, -0.2) is 49.0 Å². The van der Waals surface area contributed by atoms with Crippen LogP contribution in [0.1, 0.15) is 36.3 Å². The number of carbonyl (C=O) groups excluding carboxylic acids is 2. The van der Waals surface area contributed by atoms with Gasteiger partial charge in [0.1, 0.15) is 0 Å². The third-order valence-corrected chi connectivity index (χ3v) is 5.13. The first-order valence-corrected chi connectivity index (χ1v) is 9.66. The number of aromatic nitrogens is 1. The zero-order valence-corrected chi connectivity index (χ0v) is 16.4. The number of pyridine rings is 1. The first-order chi connectivity index (χ1) is 13.4. The number of amides is 3. The Labute approximate surface area is 165 Å². The van der Waals surface area contributed by atoms with Crippen molar-refractivity contribution >= 4 is 35.9 Å². The number of rotatable bonds is 3. The van der Waals surface area contributed by atoms with Gasteiger partial charge in [-0.1, -0.05) is 0 Å². The molecule has 4 rings (SSSR count). The summed E-state index contributed by atoms with van der Waals surface area (Å²) in [6.45, 7) is 9.37. The average Bonchev–Trinajstić information content (AvgIpc) is 3.07. The van der Waals surface area contributed by atoms with E-state index in [1.54, 1.807) is 11.0 Å². The van der Waals surface area contributed by atoms with Gasteiger partial charge in [0.25, 0.3) is 0 Å². The number of carbonyl (C=O) groups is 2. The van der Waals surface area contributed by atoms with E-state index in [-0.39, 0.29) is 24.0 Å². The molecule has 144 valence electrons. The molecule has 3 amide bonds. The van der Waals surface area contributed by atoms with Gasteiger partial charge in [0.05, 0.1) is 0 Å².